The maximum absolute atomic E-state index is 12.9. The third kappa shape index (κ3) is 4.28. The van der Waals surface area contributed by atoms with Crippen molar-refractivity contribution in [2.75, 3.05) is 5.32 Å². The molecule has 0 spiro atoms. The van der Waals surface area contributed by atoms with Gasteiger partial charge in [-0.15, -0.1) is 0 Å². The summed E-state index contributed by atoms with van der Waals surface area (Å²) in [5, 5.41) is 21.1. The number of nitrogens with one attached hydrogen (secondary N) is 3. The Balaban J connectivity index is 1.96. The Morgan fingerprint density at radius 1 is 0.828 bits per heavy atom. The number of carbonyl (C=O) groups excluding carboxylic acids is 2. The van der Waals surface area contributed by atoms with Crippen LogP contribution in [0.3, 0.4) is 0 Å². The van der Waals surface area contributed by atoms with Gasteiger partial charge in [-0.3, -0.25) is 20.3 Å². The number of anilines is 1. The number of nitrogens with zero attached hydrogens (tertiary/aromatic N) is 1. The fraction of sp³-hybridized carbons (Fsp3) is 0. The second-order valence-corrected chi connectivity index (χ2v) is 6.10. The number of benzene rings is 3. The van der Waals surface area contributed by atoms with Gasteiger partial charge in [-0.25, -0.2) is 0 Å². The van der Waals surface area contributed by atoms with Crippen LogP contribution in [0.1, 0.15) is 26.3 Å². The van der Waals surface area contributed by atoms with Gasteiger partial charge in [0.1, 0.15) is 5.84 Å². The van der Waals surface area contributed by atoms with Gasteiger partial charge < -0.3 is 11.1 Å². The molecule has 0 fully saturated rings. The van der Waals surface area contributed by atoms with Crippen molar-refractivity contribution >= 4 is 23.3 Å². The summed E-state index contributed by atoms with van der Waals surface area (Å²) in [5.41, 5.74) is 8.32. The highest BCUT2D eigenvalue weighted by Gasteiger charge is 2.18. The maximum Gasteiger partial charge on any atom is 0.264 e. The van der Waals surface area contributed by atoms with E-state index in [9.17, 15) is 9.59 Å². The Hall–Kier alpha value is -4.44. The lowest BCUT2D eigenvalue weighted by atomic mass is 9.94. The molecule has 0 aliphatic carbocycles. The van der Waals surface area contributed by atoms with Crippen LogP contribution in [0.2, 0.25) is 0 Å². The van der Waals surface area contributed by atoms with Crippen LogP contribution in [0, 0.1) is 16.9 Å². The molecule has 0 unspecified atom stereocenters. The second kappa shape index (κ2) is 8.50. The molecule has 0 aromatic heterocycles. The highest BCUT2D eigenvalue weighted by molar-refractivity contribution is 6.11. The van der Waals surface area contributed by atoms with Crippen LogP contribution in [-0.4, -0.2) is 17.6 Å². The minimum Gasteiger partial charge on any atom is -0.384 e. The molecule has 142 valence electrons. The summed E-state index contributed by atoms with van der Waals surface area (Å²) < 4.78 is 0. The van der Waals surface area contributed by atoms with Gasteiger partial charge in [0.25, 0.3) is 11.8 Å². The van der Waals surface area contributed by atoms with Gasteiger partial charge >= 0.3 is 0 Å². The number of amides is 2. The van der Waals surface area contributed by atoms with E-state index in [0.717, 1.165) is 0 Å². The molecule has 7 heteroatoms. The van der Waals surface area contributed by atoms with E-state index in [2.05, 4.69) is 10.6 Å². The van der Waals surface area contributed by atoms with E-state index in [0.29, 0.717) is 33.5 Å². The lowest BCUT2D eigenvalue weighted by Crippen LogP contribution is -2.19. The van der Waals surface area contributed by atoms with E-state index in [-0.39, 0.29) is 11.7 Å². The van der Waals surface area contributed by atoms with Crippen molar-refractivity contribution in [3.05, 3.63) is 89.5 Å². The maximum atomic E-state index is 12.9. The number of carbonyl (C=O) groups is 2. The van der Waals surface area contributed by atoms with Crippen LogP contribution in [0.25, 0.3) is 11.1 Å². The molecule has 7 nitrogen and oxygen atoms in total. The number of nitriles is 1. The van der Waals surface area contributed by atoms with Crippen LogP contribution in [0.15, 0.2) is 72.8 Å². The van der Waals surface area contributed by atoms with Crippen LogP contribution in [0.5, 0.6) is 0 Å². The van der Waals surface area contributed by atoms with Crippen molar-refractivity contribution in [3.8, 4) is 17.3 Å². The molecule has 3 aromatic rings. The summed E-state index contributed by atoms with van der Waals surface area (Å²) in [6.07, 6.45) is 1.62. The lowest BCUT2D eigenvalue weighted by Gasteiger charge is -2.13. The lowest BCUT2D eigenvalue weighted by molar-refractivity contribution is 0.0971. The van der Waals surface area contributed by atoms with Gasteiger partial charge in [-0.1, -0.05) is 36.4 Å². The molecule has 2 amide bonds. The zero-order chi connectivity index (χ0) is 20.8. The molecule has 0 saturated heterocycles. The standard InChI is InChI=1S/C22H17N5O2/c23-13-26-21(28)18-7-3-1-5-16(18)17-6-2-4-8-19(17)22(29)27-15-11-9-14(10-12-15)20(24)25/h1-12H,(H3,24,25)(H,26,28)(H,27,29). The molecule has 0 bridgehead atoms. The van der Waals surface area contributed by atoms with Gasteiger partial charge in [0, 0.05) is 22.4 Å². The smallest absolute Gasteiger partial charge is 0.264 e. The molecule has 0 heterocycles. The average molecular weight is 383 g/mol. The number of nitrogen functional groups attached to an aromatic ring is 1. The zero-order valence-electron chi connectivity index (χ0n) is 15.3. The van der Waals surface area contributed by atoms with E-state index < -0.39 is 5.91 Å². The van der Waals surface area contributed by atoms with Gasteiger partial charge in [0.15, 0.2) is 6.19 Å². The molecule has 0 aliphatic heterocycles. The van der Waals surface area contributed by atoms with Crippen molar-refractivity contribution in [2.24, 2.45) is 5.73 Å². The van der Waals surface area contributed by atoms with Crippen molar-refractivity contribution in [1.29, 1.82) is 10.7 Å². The molecule has 0 aliphatic rings. The molecule has 0 saturated carbocycles. The van der Waals surface area contributed by atoms with Crippen molar-refractivity contribution in [2.45, 2.75) is 0 Å². The highest BCUT2D eigenvalue weighted by atomic mass is 16.2. The van der Waals surface area contributed by atoms with Crippen LogP contribution < -0.4 is 16.4 Å². The van der Waals surface area contributed by atoms with E-state index in [1.165, 1.54) is 0 Å². The molecule has 3 rings (SSSR count). The summed E-state index contributed by atoms with van der Waals surface area (Å²) in [5.74, 6) is -0.953. The van der Waals surface area contributed by atoms with Crippen molar-refractivity contribution in [1.82, 2.24) is 5.32 Å². The predicted molar refractivity (Wildman–Crippen MR) is 110 cm³/mol. The normalized spacial score (nSPS) is 9.90. The Bertz CT molecular complexity index is 1130. The van der Waals surface area contributed by atoms with Gasteiger partial charge in [-0.2, -0.15) is 5.26 Å². The summed E-state index contributed by atoms with van der Waals surface area (Å²) >= 11 is 0. The summed E-state index contributed by atoms with van der Waals surface area (Å²) in [6, 6.07) is 20.3. The highest BCUT2D eigenvalue weighted by Crippen LogP contribution is 2.28. The quantitative estimate of drug-likeness (QED) is 0.233. The number of nitrogens with two attached hydrogens (primary N) is 1. The molecule has 3 aromatic carbocycles. The first-order valence-electron chi connectivity index (χ1n) is 8.65. The first-order chi connectivity index (χ1) is 14.0. The van der Waals surface area contributed by atoms with Crippen molar-refractivity contribution < 1.29 is 9.59 Å². The first-order valence-corrected chi connectivity index (χ1v) is 8.65. The number of hydrogen-bond donors (Lipinski definition) is 4. The van der Waals surface area contributed by atoms with E-state index in [4.69, 9.17) is 16.4 Å². The second-order valence-electron chi connectivity index (χ2n) is 6.10. The van der Waals surface area contributed by atoms with Crippen molar-refractivity contribution in [3.63, 3.8) is 0 Å². The minimum atomic E-state index is -0.543. The largest absolute Gasteiger partial charge is 0.384 e. The van der Waals surface area contributed by atoms with Gasteiger partial charge in [-0.05, 0) is 47.5 Å². The van der Waals surface area contributed by atoms with Crippen LogP contribution >= 0.6 is 0 Å². The van der Waals surface area contributed by atoms with Crippen LogP contribution in [-0.2, 0) is 0 Å². The Morgan fingerprint density at radius 2 is 1.34 bits per heavy atom. The van der Waals surface area contributed by atoms with E-state index in [1.807, 2.05) is 0 Å². The van der Waals surface area contributed by atoms with E-state index in [1.54, 1.807) is 79.0 Å². The van der Waals surface area contributed by atoms with Gasteiger partial charge in [0.05, 0.1) is 0 Å². The predicted octanol–water partition coefficient (Wildman–Crippen LogP) is 3.10. The summed E-state index contributed by atoms with van der Waals surface area (Å²) in [4.78, 5) is 25.1. The first kappa shape index (κ1) is 19.3. The topological polar surface area (TPSA) is 132 Å². The Labute approximate surface area is 167 Å². The Kier molecular flexibility index (Phi) is 5.66. The Morgan fingerprint density at radius 3 is 1.86 bits per heavy atom. The average Bonchev–Trinajstić information content (AvgIpc) is 2.74. The molecule has 0 atom stereocenters. The number of hydrogen-bond acceptors (Lipinski definition) is 4. The van der Waals surface area contributed by atoms with Gasteiger partial charge in [0.2, 0.25) is 0 Å². The molecular formula is C22H17N5O2. The fourth-order valence-electron chi connectivity index (χ4n) is 2.88. The van der Waals surface area contributed by atoms with Crippen LogP contribution in [0.4, 0.5) is 5.69 Å². The summed E-state index contributed by atoms with van der Waals surface area (Å²) in [7, 11) is 0. The molecule has 0 radical (unpaired) electrons. The fourth-order valence-corrected chi connectivity index (χ4v) is 2.88. The summed E-state index contributed by atoms with van der Waals surface area (Å²) in [6.45, 7) is 0. The third-order valence-electron chi connectivity index (χ3n) is 4.26. The minimum absolute atomic E-state index is 0.0551. The monoisotopic (exact) mass is 383 g/mol. The molecule has 29 heavy (non-hydrogen) atoms. The molecular weight excluding hydrogens is 366 g/mol. The third-order valence-corrected chi connectivity index (χ3v) is 4.26. The van der Waals surface area contributed by atoms with E-state index >= 15 is 0 Å². The zero-order valence-corrected chi connectivity index (χ0v) is 15.3. The number of amidine groups is 1. The molecule has 5 N–H and O–H groups in total. The SMILES string of the molecule is N#CNC(=O)c1ccccc1-c1ccccc1C(=O)Nc1ccc(C(=N)N)cc1. The number of rotatable bonds is 5.